The molecule has 26 heavy (non-hydrogen) atoms. The minimum atomic E-state index is -3.03. The lowest BCUT2D eigenvalue weighted by Crippen LogP contribution is -2.38. The van der Waals surface area contributed by atoms with Crippen molar-refractivity contribution in [2.45, 2.75) is 25.8 Å². The van der Waals surface area contributed by atoms with Crippen molar-refractivity contribution >= 4 is 27.1 Å². The number of ether oxygens (including phenoxy) is 1. The first-order valence-corrected chi connectivity index (χ1v) is 11.0. The van der Waals surface area contributed by atoms with Crippen molar-refractivity contribution in [1.29, 1.82) is 0 Å². The van der Waals surface area contributed by atoms with Gasteiger partial charge in [0.2, 0.25) is 5.91 Å². The highest BCUT2D eigenvalue weighted by molar-refractivity contribution is 7.91. The lowest BCUT2D eigenvalue weighted by atomic mass is 10.0. The molecule has 2 aromatic rings. The lowest BCUT2D eigenvalue weighted by Gasteiger charge is -2.24. The number of hydrogen-bond acceptors (Lipinski definition) is 6. The molecule has 0 saturated carbocycles. The first-order valence-electron chi connectivity index (χ1n) is 8.34. The number of thiazole rings is 1. The summed E-state index contributed by atoms with van der Waals surface area (Å²) in [6.07, 6.45) is 0.660. The summed E-state index contributed by atoms with van der Waals surface area (Å²) in [6.45, 7) is 1.95. The molecule has 0 aliphatic carbocycles. The maximum Gasteiger partial charge on any atom is 0.227 e. The topological polar surface area (TPSA) is 76.6 Å². The molecule has 2 heterocycles. The van der Waals surface area contributed by atoms with Gasteiger partial charge in [-0.15, -0.1) is 11.3 Å². The summed E-state index contributed by atoms with van der Waals surface area (Å²) in [4.78, 5) is 18.7. The molecule has 0 unspecified atom stereocenters. The molecule has 6 nitrogen and oxygen atoms in total. The Labute approximate surface area is 157 Å². The Morgan fingerprint density at radius 1 is 1.42 bits per heavy atom. The fourth-order valence-electron chi connectivity index (χ4n) is 3.14. The minimum Gasteiger partial charge on any atom is -0.496 e. The predicted molar refractivity (Wildman–Crippen MR) is 102 cm³/mol. The van der Waals surface area contributed by atoms with E-state index in [9.17, 15) is 13.2 Å². The summed E-state index contributed by atoms with van der Waals surface area (Å²) in [7, 11) is 0.221. The van der Waals surface area contributed by atoms with Gasteiger partial charge in [-0.2, -0.15) is 0 Å². The SMILES string of the molecule is COc1ccc(-c2csc(C)n2)cc1CC(=O)N(C)[C@@H]1CCS(=O)(=O)C1. The van der Waals surface area contributed by atoms with Crippen molar-refractivity contribution in [3.63, 3.8) is 0 Å². The fourth-order valence-corrected chi connectivity index (χ4v) is 5.54. The Bertz CT molecular complexity index is 921. The van der Waals surface area contributed by atoms with Crippen LogP contribution in [0.4, 0.5) is 0 Å². The average Bonchev–Trinajstić information content (AvgIpc) is 3.19. The highest BCUT2D eigenvalue weighted by Crippen LogP contribution is 2.28. The molecular weight excluding hydrogens is 372 g/mol. The molecule has 1 aliphatic rings. The Balaban J connectivity index is 1.80. The molecule has 1 amide bonds. The maximum absolute atomic E-state index is 12.7. The molecule has 140 valence electrons. The smallest absolute Gasteiger partial charge is 0.227 e. The standard InChI is InChI=1S/C18H22N2O4S2/c1-12-19-16(10-25-12)13-4-5-17(24-3)14(8-13)9-18(21)20(2)15-6-7-26(22,23)11-15/h4-5,8,10,15H,6-7,9,11H2,1-3H3/t15-/m1/s1. The van der Waals surface area contributed by atoms with Crippen LogP contribution in [0.1, 0.15) is 17.0 Å². The van der Waals surface area contributed by atoms with Gasteiger partial charge in [0.25, 0.3) is 0 Å². The highest BCUT2D eigenvalue weighted by atomic mass is 32.2. The normalized spacial score (nSPS) is 18.7. The van der Waals surface area contributed by atoms with Crippen LogP contribution in [0.5, 0.6) is 5.75 Å². The van der Waals surface area contributed by atoms with E-state index in [-0.39, 0.29) is 29.9 Å². The second-order valence-electron chi connectivity index (χ2n) is 6.52. The van der Waals surface area contributed by atoms with Crippen LogP contribution in [-0.4, -0.2) is 55.9 Å². The number of carbonyl (C=O) groups excluding carboxylic acids is 1. The summed E-state index contributed by atoms with van der Waals surface area (Å²) in [6, 6.07) is 5.44. The van der Waals surface area contributed by atoms with Crippen molar-refractivity contribution in [2.24, 2.45) is 0 Å². The van der Waals surface area contributed by atoms with Crippen molar-refractivity contribution in [2.75, 3.05) is 25.7 Å². The van der Waals surface area contributed by atoms with E-state index in [4.69, 9.17) is 4.74 Å². The second-order valence-corrected chi connectivity index (χ2v) is 9.81. The number of rotatable bonds is 5. The van der Waals surface area contributed by atoms with Crippen LogP contribution >= 0.6 is 11.3 Å². The quantitative estimate of drug-likeness (QED) is 0.778. The van der Waals surface area contributed by atoms with Crippen molar-refractivity contribution < 1.29 is 17.9 Å². The van der Waals surface area contributed by atoms with Gasteiger partial charge in [-0.3, -0.25) is 4.79 Å². The fraction of sp³-hybridized carbons (Fsp3) is 0.444. The molecule has 1 atom stereocenters. The number of sulfone groups is 1. The number of carbonyl (C=O) groups is 1. The van der Waals surface area contributed by atoms with E-state index in [0.717, 1.165) is 21.8 Å². The lowest BCUT2D eigenvalue weighted by molar-refractivity contribution is -0.130. The molecule has 3 rings (SSSR count). The molecule has 1 fully saturated rings. The highest BCUT2D eigenvalue weighted by Gasteiger charge is 2.32. The van der Waals surface area contributed by atoms with Gasteiger partial charge in [0.15, 0.2) is 9.84 Å². The third-order valence-electron chi connectivity index (χ3n) is 4.69. The molecule has 0 spiro atoms. The summed E-state index contributed by atoms with van der Waals surface area (Å²) < 4.78 is 28.7. The van der Waals surface area contributed by atoms with Gasteiger partial charge in [0, 0.05) is 29.6 Å². The monoisotopic (exact) mass is 394 g/mol. The first-order chi connectivity index (χ1) is 12.3. The Hall–Kier alpha value is -1.93. The molecule has 0 N–H and O–H groups in total. The number of aromatic nitrogens is 1. The van der Waals surface area contributed by atoms with Crippen LogP contribution in [0.2, 0.25) is 0 Å². The molecule has 1 aromatic heterocycles. The first kappa shape index (κ1) is 18.8. The molecular formula is C18H22N2O4S2. The number of likely N-dealkylation sites (N-methyl/N-ethyl adjacent to an activating group) is 1. The van der Waals surface area contributed by atoms with Crippen molar-refractivity contribution in [3.05, 3.63) is 34.2 Å². The van der Waals surface area contributed by atoms with Gasteiger partial charge >= 0.3 is 0 Å². The number of aryl methyl sites for hydroxylation is 1. The van der Waals surface area contributed by atoms with Gasteiger partial charge in [-0.1, -0.05) is 0 Å². The molecule has 0 bridgehead atoms. The average molecular weight is 395 g/mol. The Kier molecular flexibility index (Phi) is 5.34. The maximum atomic E-state index is 12.7. The molecule has 0 radical (unpaired) electrons. The van der Waals surface area contributed by atoms with E-state index in [2.05, 4.69) is 4.98 Å². The second kappa shape index (κ2) is 7.36. The number of benzene rings is 1. The summed E-state index contributed by atoms with van der Waals surface area (Å²) in [5.41, 5.74) is 2.58. The zero-order valence-corrected chi connectivity index (χ0v) is 16.7. The van der Waals surface area contributed by atoms with E-state index < -0.39 is 9.84 Å². The largest absolute Gasteiger partial charge is 0.496 e. The van der Waals surface area contributed by atoms with Crippen LogP contribution < -0.4 is 4.74 Å². The van der Waals surface area contributed by atoms with E-state index in [1.165, 1.54) is 0 Å². The van der Waals surface area contributed by atoms with Crippen molar-refractivity contribution in [1.82, 2.24) is 9.88 Å². The zero-order chi connectivity index (χ0) is 18.9. The van der Waals surface area contributed by atoms with E-state index >= 15 is 0 Å². The molecule has 8 heteroatoms. The van der Waals surface area contributed by atoms with Crippen molar-refractivity contribution in [3.8, 4) is 17.0 Å². The predicted octanol–water partition coefficient (Wildman–Crippen LogP) is 2.32. The number of hydrogen-bond donors (Lipinski definition) is 0. The molecule has 1 aliphatic heterocycles. The minimum absolute atomic E-state index is 0.0461. The van der Waals surface area contributed by atoms with Crippen LogP contribution in [0.3, 0.4) is 0 Å². The van der Waals surface area contributed by atoms with Gasteiger partial charge in [-0.05, 0) is 31.5 Å². The van der Waals surface area contributed by atoms with E-state index in [1.54, 1.807) is 30.4 Å². The van der Waals surface area contributed by atoms with Crippen LogP contribution in [-0.2, 0) is 21.1 Å². The summed E-state index contributed by atoms with van der Waals surface area (Å²) >= 11 is 1.58. The summed E-state index contributed by atoms with van der Waals surface area (Å²) in [5.74, 6) is 0.723. The zero-order valence-electron chi connectivity index (χ0n) is 15.1. The Morgan fingerprint density at radius 2 is 2.19 bits per heavy atom. The number of nitrogens with zero attached hydrogens (tertiary/aromatic N) is 2. The molecule has 1 saturated heterocycles. The van der Waals surface area contributed by atoms with E-state index in [0.29, 0.717) is 12.2 Å². The van der Waals surface area contributed by atoms with Crippen LogP contribution in [0.25, 0.3) is 11.3 Å². The number of methoxy groups -OCH3 is 1. The van der Waals surface area contributed by atoms with Crippen LogP contribution in [0.15, 0.2) is 23.6 Å². The van der Waals surface area contributed by atoms with Gasteiger partial charge < -0.3 is 9.64 Å². The van der Waals surface area contributed by atoms with Gasteiger partial charge in [0.05, 0.1) is 35.7 Å². The number of amides is 1. The van der Waals surface area contributed by atoms with Crippen LogP contribution in [0, 0.1) is 6.92 Å². The van der Waals surface area contributed by atoms with Gasteiger partial charge in [-0.25, -0.2) is 13.4 Å². The third-order valence-corrected chi connectivity index (χ3v) is 7.21. The third kappa shape index (κ3) is 4.07. The summed E-state index contributed by atoms with van der Waals surface area (Å²) in [5, 5.41) is 2.97. The van der Waals surface area contributed by atoms with Gasteiger partial charge in [0.1, 0.15) is 5.75 Å². The Morgan fingerprint density at radius 3 is 2.77 bits per heavy atom. The molecule has 1 aromatic carbocycles. The van der Waals surface area contributed by atoms with E-state index in [1.807, 2.05) is 30.5 Å².